The zero-order valence-corrected chi connectivity index (χ0v) is 17.0. The summed E-state index contributed by atoms with van der Waals surface area (Å²) in [6.07, 6.45) is 4.71. The molecule has 1 saturated heterocycles. The van der Waals surface area contributed by atoms with Gasteiger partial charge in [-0.2, -0.15) is 10.1 Å². The van der Waals surface area contributed by atoms with Gasteiger partial charge in [0.25, 0.3) is 17.5 Å². The minimum absolute atomic E-state index is 0.0577. The number of hydrogen-bond acceptors (Lipinski definition) is 8. The van der Waals surface area contributed by atoms with Crippen molar-refractivity contribution in [1.29, 1.82) is 0 Å². The molecule has 0 bridgehead atoms. The highest BCUT2D eigenvalue weighted by Crippen LogP contribution is 2.35. The van der Waals surface area contributed by atoms with Crippen LogP contribution >= 0.6 is 11.6 Å². The van der Waals surface area contributed by atoms with Gasteiger partial charge in [0.1, 0.15) is 0 Å². The Labute approximate surface area is 180 Å². The number of nitro groups is 1. The molecule has 2 aromatic carbocycles. The molecule has 1 aliphatic rings. The largest absolute Gasteiger partial charge is 0.356 e. The van der Waals surface area contributed by atoms with Crippen LogP contribution in [0.5, 0.6) is 0 Å². The summed E-state index contributed by atoms with van der Waals surface area (Å²) in [6.45, 7) is 0.726. The van der Waals surface area contributed by atoms with Gasteiger partial charge in [-0.1, -0.05) is 17.7 Å². The van der Waals surface area contributed by atoms with Crippen LogP contribution in [0.3, 0.4) is 0 Å². The Bertz CT molecular complexity index is 1260. The fourth-order valence-electron chi connectivity index (χ4n) is 3.59. The highest BCUT2D eigenvalue weighted by Gasteiger charge is 2.20. The lowest BCUT2D eigenvalue weighted by Crippen LogP contribution is -2.18. The number of rotatable bonds is 5. The summed E-state index contributed by atoms with van der Waals surface area (Å²) in [7, 11) is 0. The molecule has 5 rings (SSSR count). The molecule has 158 valence electrons. The predicted molar refractivity (Wildman–Crippen MR) is 113 cm³/mol. The second-order valence-corrected chi connectivity index (χ2v) is 7.50. The van der Waals surface area contributed by atoms with E-state index in [1.165, 1.54) is 12.1 Å². The van der Waals surface area contributed by atoms with Crippen molar-refractivity contribution >= 4 is 39.8 Å². The highest BCUT2D eigenvalue weighted by molar-refractivity contribution is 6.38. The van der Waals surface area contributed by atoms with Crippen LogP contribution in [-0.2, 0) is 4.74 Å². The first-order valence-corrected chi connectivity index (χ1v) is 10.1. The molecule has 1 N–H and O–H groups in total. The normalized spacial score (nSPS) is 16.5. The van der Waals surface area contributed by atoms with Gasteiger partial charge in [-0.3, -0.25) is 10.1 Å². The summed E-state index contributed by atoms with van der Waals surface area (Å²) in [6, 6.07) is 9.71. The van der Waals surface area contributed by atoms with Gasteiger partial charge in [-0.05, 0) is 42.6 Å². The van der Waals surface area contributed by atoms with Crippen molar-refractivity contribution in [3.05, 3.63) is 57.7 Å². The Hall–Kier alpha value is -3.50. The maximum absolute atomic E-state index is 11.0. The Morgan fingerprint density at radius 3 is 2.97 bits per heavy atom. The number of hydrogen-bond donors (Lipinski definition) is 1. The second kappa shape index (κ2) is 7.97. The molecule has 0 spiro atoms. The van der Waals surface area contributed by atoms with E-state index in [1.807, 2.05) is 16.8 Å². The summed E-state index contributed by atoms with van der Waals surface area (Å²) in [5.74, 6) is 0.344. The topological polar surface area (TPSA) is 121 Å². The number of nitro benzene ring substituents is 1. The van der Waals surface area contributed by atoms with Crippen LogP contribution in [0.2, 0.25) is 5.02 Å². The molecule has 1 unspecified atom stereocenters. The third kappa shape index (κ3) is 3.71. The molecular formula is C20H17ClN6O4. The van der Waals surface area contributed by atoms with Crippen LogP contribution in [-0.4, -0.2) is 31.5 Å². The van der Waals surface area contributed by atoms with Crippen LogP contribution in [0.4, 0.5) is 17.3 Å². The lowest BCUT2D eigenvalue weighted by atomic mass is 10.2. The van der Waals surface area contributed by atoms with Gasteiger partial charge in [0.05, 0.1) is 27.3 Å². The Morgan fingerprint density at radius 1 is 1.26 bits per heavy atom. The zero-order chi connectivity index (χ0) is 21.4. The molecule has 1 aliphatic heterocycles. The molecule has 0 aliphatic carbocycles. The molecule has 4 aromatic rings. The van der Waals surface area contributed by atoms with E-state index in [1.54, 1.807) is 18.3 Å². The molecule has 10 nitrogen and oxygen atoms in total. The van der Waals surface area contributed by atoms with Gasteiger partial charge in [-0.25, -0.2) is 4.68 Å². The van der Waals surface area contributed by atoms with E-state index in [9.17, 15) is 10.1 Å². The predicted octanol–water partition coefficient (Wildman–Crippen LogP) is 5.09. The fraction of sp³-hybridized carbons (Fsp3) is 0.250. The number of fused-ring (bicyclic) bond motifs is 1. The van der Waals surface area contributed by atoms with E-state index < -0.39 is 4.92 Å². The van der Waals surface area contributed by atoms with Gasteiger partial charge in [0.15, 0.2) is 6.23 Å². The smallest absolute Gasteiger partial charge is 0.270 e. The Balaban J connectivity index is 1.40. The quantitative estimate of drug-likeness (QED) is 0.336. The first kappa shape index (κ1) is 19.5. The zero-order valence-electron chi connectivity index (χ0n) is 16.2. The Kier molecular flexibility index (Phi) is 5.00. The number of halogens is 1. The maximum atomic E-state index is 11.0. The Morgan fingerprint density at radius 2 is 2.16 bits per heavy atom. The van der Waals surface area contributed by atoms with Crippen molar-refractivity contribution in [2.24, 2.45) is 0 Å². The van der Waals surface area contributed by atoms with Crippen molar-refractivity contribution < 1.29 is 14.2 Å². The number of non-ortho nitro benzene ring substituents is 1. The van der Waals surface area contributed by atoms with E-state index in [-0.39, 0.29) is 23.8 Å². The number of benzene rings is 2. The summed E-state index contributed by atoms with van der Waals surface area (Å²) >= 11 is 6.61. The minimum Gasteiger partial charge on any atom is -0.356 e. The number of ether oxygens (including phenoxy) is 1. The van der Waals surface area contributed by atoms with Gasteiger partial charge < -0.3 is 14.6 Å². The molecule has 1 atom stereocenters. The van der Waals surface area contributed by atoms with Crippen LogP contribution in [0.1, 0.15) is 25.5 Å². The molecular weight excluding hydrogens is 424 g/mol. The van der Waals surface area contributed by atoms with E-state index in [0.717, 1.165) is 36.8 Å². The average Bonchev–Trinajstić information content (AvgIpc) is 3.44. The number of aromatic nitrogens is 4. The molecule has 11 heteroatoms. The SMILES string of the molecule is O=[N+]([O-])c1cccc(-c2nc(Nc3ccc4c(cnn4C4CCCCO4)c3Cl)no2)c1. The maximum Gasteiger partial charge on any atom is 0.270 e. The molecule has 3 heterocycles. The van der Waals surface area contributed by atoms with E-state index in [2.05, 4.69) is 20.6 Å². The lowest BCUT2D eigenvalue weighted by molar-refractivity contribution is -0.384. The number of nitrogens with one attached hydrogen (secondary N) is 1. The summed E-state index contributed by atoms with van der Waals surface area (Å²) in [4.78, 5) is 14.8. The summed E-state index contributed by atoms with van der Waals surface area (Å²) in [5.41, 5.74) is 1.86. The lowest BCUT2D eigenvalue weighted by Gasteiger charge is -2.23. The van der Waals surface area contributed by atoms with Crippen LogP contribution in [0.15, 0.2) is 47.1 Å². The van der Waals surface area contributed by atoms with E-state index in [4.69, 9.17) is 20.9 Å². The first-order valence-electron chi connectivity index (χ1n) is 9.73. The van der Waals surface area contributed by atoms with Crippen molar-refractivity contribution in [1.82, 2.24) is 19.9 Å². The third-order valence-corrected chi connectivity index (χ3v) is 5.53. The first-order chi connectivity index (χ1) is 15.1. The van der Waals surface area contributed by atoms with Crippen molar-refractivity contribution in [2.45, 2.75) is 25.5 Å². The minimum atomic E-state index is -0.480. The van der Waals surface area contributed by atoms with Crippen LogP contribution in [0, 0.1) is 10.1 Å². The summed E-state index contributed by atoms with van der Waals surface area (Å²) < 4.78 is 12.9. The van der Waals surface area contributed by atoms with Crippen molar-refractivity contribution in [3.63, 3.8) is 0 Å². The van der Waals surface area contributed by atoms with Crippen LogP contribution in [0.25, 0.3) is 22.4 Å². The third-order valence-electron chi connectivity index (χ3n) is 5.12. The summed E-state index contributed by atoms with van der Waals surface area (Å²) in [5, 5.41) is 23.6. The van der Waals surface area contributed by atoms with Gasteiger partial charge in [-0.15, -0.1) is 0 Å². The van der Waals surface area contributed by atoms with E-state index in [0.29, 0.717) is 16.3 Å². The van der Waals surface area contributed by atoms with E-state index >= 15 is 0 Å². The molecule has 2 aromatic heterocycles. The van der Waals surface area contributed by atoms with Gasteiger partial charge in [0, 0.05) is 29.7 Å². The number of nitrogens with zero attached hydrogens (tertiary/aromatic N) is 5. The molecule has 0 radical (unpaired) electrons. The molecule has 1 fully saturated rings. The number of anilines is 2. The molecule has 0 saturated carbocycles. The monoisotopic (exact) mass is 440 g/mol. The van der Waals surface area contributed by atoms with Crippen LogP contribution < -0.4 is 5.32 Å². The standard InChI is InChI=1S/C20H17ClN6O4/c21-18-14-11-22-26(17-6-1-2-9-30-17)16(14)8-7-15(18)23-20-24-19(31-25-20)12-4-3-5-13(10-12)27(28)29/h3-5,7-8,10-11,17H,1-2,6,9H2,(H,23,25). The fourth-order valence-corrected chi connectivity index (χ4v) is 3.85. The van der Waals surface area contributed by atoms with Gasteiger partial charge in [0.2, 0.25) is 0 Å². The second-order valence-electron chi connectivity index (χ2n) is 7.13. The molecule has 31 heavy (non-hydrogen) atoms. The molecule has 0 amide bonds. The average molecular weight is 441 g/mol. The van der Waals surface area contributed by atoms with Gasteiger partial charge >= 0.3 is 0 Å². The van der Waals surface area contributed by atoms with Crippen molar-refractivity contribution in [2.75, 3.05) is 11.9 Å². The van der Waals surface area contributed by atoms with Crippen molar-refractivity contribution in [3.8, 4) is 11.5 Å². The highest BCUT2D eigenvalue weighted by atomic mass is 35.5.